The van der Waals surface area contributed by atoms with E-state index in [4.69, 9.17) is 0 Å². The van der Waals surface area contributed by atoms with E-state index < -0.39 is 0 Å². The summed E-state index contributed by atoms with van der Waals surface area (Å²) in [5.74, 6) is 0.00355. The number of carbonyl (C=O) groups excluding carboxylic acids is 2. The standard InChI is InChI=1S/C16H16N2O2S/c1-10(17-16(20)13-6-7-21-9-13)11-2-4-14-12(8-11)3-5-15(19)18-14/h2,4,6-10H,3,5H2,1H3,(H,17,20)(H,18,19). The van der Waals surface area contributed by atoms with E-state index in [-0.39, 0.29) is 17.9 Å². The lowest BCUT2D eigenvalue weighted by atomic mass is 9.97. The number of nitrogens with one attached hydrogen (secondary N) is 2. The predicted molar refractivity (Wildman–Crippen MR) is 83.6 cm³/mol. The summed E-state index contributed by atoms with van der Waals surface area (Å²) in [5.41, 5.74) is 3.75. The zero-order valence-corrected chi connectivity index (χ0v) is 12.5. The molecular formula is C16H16N2O2S. The Morgan fingerprint density at radius 1 is 1.33 bits per heavy atom. The molecule has 0 aliphatic carbocycles. The molecule has 1 aromatic carbocycles. The van der Waals surface area contributed by atoms with Crippen LogP contribution in [-0.4, -0.2) is 11.8 Å². The van der Waals surface area contributed by atoms with Gasteiger partial charge in [0.25, 0.3) is 5.91 Å². The molecule has 0 saturated carbocycles. The van der Waals surface area contributed by atoms with E-state index in [1.807, 2.05) is 35.9 Å². The van der Waals surface area contributed by atoms with Crippen LogP contribution in [0.1, 0.15) is 40.9 Å². The normalized spacial score (nSPS) is 15.0. The average molecular weight is 300 g/mol. The number of hydrogen-bond acceptors (Lipinski definition) is 3. The second-order valence-electron chi connectivity index (χ2n) is 5.17. The van der Waals surface area contributed by atoms with Gasteiger partial charge in [-0.25, -0.2) is 0 Å². The molecule has 2 aromatic rings. The van der Waals surface area contributed by atoms with Crippen molar-refractivity contribution in [2.45, 2.75) is 25.8 Å². The molecule has 1 aromatic heterocycles. The Labute approximate surface area is 127 Å². The number of benzene rings is 1. The molecule has 2 heterocycles. The monoisotopic (exact) mass is 300 g/mol. The highest BCUT2D eigenvalue weighted by Crippen LogP contribution is 2.26. The van der Waals surface area contributed by atoms with Crippen LogP contribution >= 0.6 is 11.3 Å². The summed E-state index contributed by atoms with van der Waals surface area (Å²) in [6.45, 7) is 1.97. The maximum Gasteiger partial charge on any atom is 0.252 e. The number of hydrogen-bond donors (Lipinski definition) is 2. The van der Waals surface area contributed by atoms with Crippen molar-refractivity contribution in [3.63, 3.8) is 0 Å². The van der Waals surface area contributed by atoms with Crippen molar-refractivity contribution in [1.29, 1.82) is 0 Å². The smallest absolute Gasteiger partial charge is 0.252 e. The lowest BCUT2D eigenvalue weighted by Crippen LogP contribution is -2.26. The molecule has 2 amide bonds. The second kappa shape index (κ2) is 5.69. The maximum atomic E-state index is 12.1. The first kappa shape index (κ1) is 13.8. The number of amides is 2. The molecule has 0 fully saturated rings. The SMILES string of the molecule is CC(NC(=O)c1ccsc1)c1ccc2c(c1)CCC(=O)N2. The van der Waals surface area contributed by atoms with Crippen LogP contribution in [0.15, 0.2) is 35.0 Å². The largest absolute Gasteiger partial charge is 0.345 e. The molecule has 1 aliphatic rings. The van der Waals surface area contributed by atoms with Crippen molar-refractivity contribution < 1.29 is 9.59 Å². The fourth-order valence-electron chi connectivity index (χ4n) is 2.43. The highest BCUT2D eigenvalue weighted by atomic mass is 32.1. The molecule has 0 spiro atoms. The van der Waals surface area contributed by atoms with E-state index in [2.05, 4.69) is 16.7 Å². The van der Waals surface area contributed by atoms with Gasteiger partial charge in [0.2, 0.25) is 5.91 Å². The highest BCUT2D eigenvalue weighted by Gasteiger charge is 2.17. The number of fused-ring (bicyclic) bond motifs is 1. The van der Waals surface area contributed by atoms with Gasteiger partial charge in [-0.15, -0.1) is 0 Å². The molecule has 1 atom stereocenters. The molecule has 4 nitrogen and oxygen atoms in total. The molecule has 0 radical (unpaired) electrons. The molecule has 3 rings (SSSR count). The number of thiophene rings is 1. The Morgan fingerprint density at radius 3 is 2.95 bits per heavy atom. The molecule has 1 aliphatic heterocycles. The topological polar surface area (TPSA) is 58.2 Å². The van der Waals surface area contributed by atoms with E-state index in [1.54, 1.807) is 0 Å². The van der Waals surface area contributed by atoms with Gasteiger partial charge < -0.3 is 10.6 Å². The van der Waals surface area contributed by atoms with Crippen LogP contribution in [0.4, 0.5) is 5.69 Å². The third-order valence-corrected chi connectivity index (χ3v) is 4.34. The summed E-state index contributed by atoms with van der Waals surface area (Å²) in [6.07, 6.45) is 1.27. The summed E-state index contributed by atoms with van der Waals surface area (Å²) in [6, 6.07) is 7.67. The maximum absolute atomic E-state index is 12.1. The van der Waals surface area contributed by atoms with Gasteiger partial charge >= 0.3 is 0 Å². The Hall–Kier alpha value is -2.14. The molecule has 0 saturated heterocycles. The molecule has 21 heavy (non-hydrogen) atoms. The van der Waals surface area contributed by atoms with Crippen molar-refractivity contribution >= 4 is 28.8 Å². The minimum absolute atomic E-state index is 0.0604. The van der Waals surface area contributed by atoms with Gasteiger partial charge in [-0.3, -0.25) is 9.59 Å². The number of anilines is 1. The molecule has 0 bridgehead atoms. The van der Waals surface area contributed by atoms with Gasteiger partial charge in [0.05, 0.1) is 11.6 Å². The first-order valence-electron chi connectivity index (χ1n) is 6.89. The van der Waals surface area contributed by atoms with E-state index >= 15 is 0 Å². The Bertz CT molecular complexity index is 680. The van der Waals surface area contributed by atoms with Crippen LogP contribution in [0, 0.1) is 0 Å². The lowest BCUT2D eigenvalue weighted by molar-refractivity contribution is -0.116. The fraction of sp³-hybridized carbons (Fsp3) is 0.250. The summed E-state index contributed by atoms with van der Waals surface area (Å²) in [7, 11) is 0. The third-order valence-electron chi connectivity index (χ3n) is 3.66. The average Bonchev–Trinajstić information content (AvgIpc) is 3.01. The zero-order valence-electron chi connectivity index (χ0n) is 11.7. The second-order valence-corrected chi connectivity index (χ2v) is 5.95. The zero-order chi connectivity index (χ0) is 14.8. The quantitative estimate of drug-likeness (QED) is 0.915. The van der Waals surface area contributed by atoms with Gasteiger partial charge in [0.1, 0.15) is 0 Å². The minimum atomic E-state index is -0.0691. The molecular weight excluding hydrogens is 284 g/mol. The minimum Gasteiger partial charge on any atom is -0.345 e. The van der Waals surface area contributed by atoms with Crippen molar-refractivity contribution in [2.24, 2.45) is 0 Å². The van der Waals surface area contributed by atoms with Crippen LogP contribution < -0.4 is 10.6 Å². The van der Waals surface area contributed by atoms with E-state index in [0.29, 0.717) is 12.0 Å². The first-order chi connectivity index (χ1) is 10.1. The summed E-state index contributed by atoms with van der Waals surface area (Å²) in [4.78, 5) is 23.4. The molecule has 5 heteroatoms. The van der Waals surface area contributed by atoms with Gasteiger partial charge in [0.15, 0.2) is 0 Å². The first-order valence-corrected chi connectivity index (χ1v) is 7.83. The lowest BCUT2D eigenvalue weighted by Gasteiger charge is -2.20. The third kappa shape index (κ3) is 2.97. The van der Waals surface area contributed by atoms with Crippen LogP contribution in [0.5, 0.6) is 0 Å². The van der Waals surface area contributed by atoms with Crippen LogP contribution in [0.2, 0.25) is 0 Å². The summed E-state index contributed by atoms with van der Waals surface area (Å²) in [5, 5.41) is 9.59. The van der Waals surface area contributed by atoms with Gasteiger partial charge in [-0.05, 0) is 42.0 Å². The van der Waals surface area contributed by atoms with E-state index in [9.17, 15) is 9.59 Å². The van der Waals surface area contributed by atoms with Crippen molar-refractivity contribution in [2.75, 3.05) is 5.32 Å². The molecule has 2 N–H and O–H groups in total. The van der Waals surface area contributed by atoms with Gasteiger partial charge in [0, 0.05) is 17.5 Å². The Balaban J connectivity index is 1.74. The number of aryl methyl sites for hydroxylation is 1. The Morgan fingerprint density at radius 2 is 2.19 bits per heavy atom. The van der Waals surface area contributed by atoms with Crippen molar-refractivity contribution in [1.82, 2.24) is 5.32 Å². The summed E-state index contributed by atoms with van der Waals surface area (Å²) >= 11 is 1.51. The van der Waals surface area contributed by atoms with Crippen molar-refractivity contribution in [3.8, 4) is 0 Å². The van der Waals surface area contributed by atoms with Crippen LogP contribution in [0.3, 0.4) is 0 Å². The van der Waals surface area contributed by atoms with Gasteiger partial charge in [-0.1, -0.05) is 12.1 Å². The summed E-state index contributed by atoms with van der Waals surface area (Å²) < 4.78 is 0. The molecule has 1 unspecified atom stereocenters. The predicted octanol–water partition coefficient (Wildman–Crippen LogP) is 3.12. The highest BCUT2D eigenvalue weighted by molar-refractivity contribution is 7.08. The number of carbonyl (C=O) groups is 2. The van der Waals surface area contributed by atoms with Crippen molar-refractivity contribution in [3.05, 3.63) is 51.7 Å². The van der Waals surface area contributed by atoms with Crippen LogP contribution in [0.25, 0.3) is 0 Å². The number of rotatable bonds is 3. The van der Waals surface area contributed by atoms with E-state index in [0.717, 1.165) is 23.2 Å². The van der Waals surface area contributed by atoms with Crippen LogP contribution in [-0.2, 0) is 11.2 Å². The molecule has 108 valence electrons. The Kier molecular flexibility index (Phi) is 3.75. The van der Waals surface area contributed by atoms with E-state index in [1.165, 1.54) is 11.3 Å². The fourth-order valence-corrected chi connectivity index (χ4v) is 3.07. The van der Waals surface area contributed by atoms with Gasteiger partial charge in [-0.2, -0.15) is 11.3 Å².